The van der Waals surface area contributed by atoms with E-state index in [1.807, 2.05) is 0 Å². The first kappa shape index (κ1) is 41.4. The van der Waals surface area contributed by atoms with E-state index in [0.29, 0.717) is 0 Å². The van der Waals surface area contributed by atoms with Crippen LogP contribution in [0.5, 0.6) is 0 Å². The highest BCUT2D eigenvalue weighted by atomic mass is 16.3. The predicted octanol–water partition coefficient (Wildman–Crippen LogP) is 16.7. The van der Waals surface area contributed by atoms with Crippen molar-refractivity contribution in [1.82, 2.24) is 0 Å². The van der Waals surface area contributed by atoms with Crippen LogP contribution in [0.2, 0.25) is 0 Å². The molecule has 10 aromatic carbocycles. The van der Waals surface area contributed by atoms with Gasteiger partial charge in [0.1, 0.15) is 11.2 Å². The van der Waals surface area contributed by atoms with E-state index in [4.69, 9.17) is 4.42 Å². The van der Waals surface area contributed by atoms with Crippen LogP contribution in [-0.4, -0.2) is 7.28 Å². The number of anilines is 5. The molecule has 0 amide bonds. The third kappa shape index (κ3) is 6.79. The first-order valence-corrected chi connectivity index (χ1v) is 24.4. The number of hydrogen-bond donors (Lipinski definition) is 1. The lowest BCUT2D eigenvalue weighted by Gasteiger charge is -2.41. The summed E-state index contributed by atoms with van der Waals surface area (Å²) in [6, 6.07) is 71.3. The van der Waals surface area contributed by atoms with E-state index >= 15 is 0 Å². The molecule has 0 spiro atoms. The fraction of sp³-hybridized carbons (Fsp3) is 0.138. The fourth-order valence-corrected chi connectivity index (χ4v) is 11.6. The molecule has 0 bridgehead atoms. The molecule has 0 saturated heterocycles. The summed E-state index contributed by atoms with van der Waals surface area (Å²) in [5.74, 6) is 0. The summed E-state index contributed by atoms with van der Waals surface area (Å²) in [6.07, 6.45) is 2.31. The van der Waals surface area contributed by atoms with Crippen LogP contribution in [0.1, 0.15) is 57.2 Å². The molecule has 1 aliphatic heterocycles. The second kappa shape index (κ2) is 15.6. The lowest BCUT2D eigenvalue weighted by atomic mass is 9.57. The Balaban J connectivity index is 1.07. The van der Waals surface area contributed by atoms with Crippen LogP contribution in [0, 0.1) is 6.92 Å². The first-order valence-electron chi connectivity index (χ1n) is 24.4. The quantitative estimate of drug-likeness (QED) is 0.169. The van der Waals surface area contributed by atoms with Gasteiger partial charge in [0.2, 0.25) is 0 Å². The number of fused-ring (bicyclic) bond motifs is 8. The number of rotatable bonds is 6. The van der Waals surface area contributed by atoms with Gasteiger partial charge in [-0.3, -0.25) is 0 Å². The summed E-state index contributed by atoms with van der Waals surface area (Å²) in [6.45, 7) is 11.9. The Hall–Kier alpha value is -7.82. The van der Waals surface area contributed by atoms with E-state index in [1.54, 1.807) is 0 Å². The number of aryl methyl sites for hydroxylation is 1. The van der Waals surface area contributed by atoms with Gasteiger partial charge in [0, 0.05) is 50.8 Å². The van der Waals surface area contributed by atoms with Crippen molar-refractivity contribution in [3.63, 3.8) is 0 Å². The van der Waals surface area contributed by atoms with Gasteiger partial charge in [-0.05, 0) is 151 Å². The molecule has 331 valence electrons. The lowest BCUT2D eigenvalue weighted by molar-refractivity contribution is 0.332. The molecular formula is C65H52BN2O. The fourth-order valence-electron chi connectivity index (χ4n) is 11.6. The summed E-state index contributed by atoms with van der Waals surface area (Å²) in [4.78, 5) is 2.51. The maximum atomic E-state index is 6.99. The minimum Gasteiger partial charge on any atom is -0.456 e. The normalized spacial score (nSPS) is 14.7. The molecule has 13 rings (SSSR count). The van der Waals surface area contributed by atoms with Crippen molar-refractivity contribution >= 4 is 90.1 Å². The summed E-state index contributed by atoms with van der Waals surface area (Å²) < 4.78 is 6.99. The zero-order chi connectivity index (χ0) is 46.6. The molecule has 1 aliphatic carbocycles. The van der Waals surface area contributed by atoms with E-state index in [0.717, 1.165) is 63.3 Å². The Labute approximate surface area is 405 Å². The highest BCUT2D eigenvalue weighted by molar-refractivity contribution is 6.74. The van der Waals surface area contributed by atoms with Gasteiger partial charge in [-0.2, -0.15) is 0 Å². The number of benzene rings is 10. The molecule has 11 aromatic rings. The predicted molar refractivity (Wildman–Crippen MR) is 294 cm³/mol. The minimum absolute atomic E-state index is 0.0756. The van der Waals surface area contributed by atoms with Crippen LogP contribution < -0.4 is 21.1 Å². The summed E-state index contributed by atoms with van der Waals surface area (Å²) in [7, 11) is 2.46. The maximum Gasteiger partial charge on any atom is 0.197 e. The van der Waals surface area contributed by atoms with Crippen molar-refractivity contribution in [2.24, 2.45) is 0 Å². The average Bonchev–Trinajstić information content (AvgIpc) is 3.73. The number of hydrogen-bond acceptors (Lipinski definition) is 3. The Bertz CT molecular complexity index is 3850. The molecule has 0 unspecified atom stereocenters. The van der Waals surface area contributed by atoms with Crippen molar-refractivity contribution in [2.75, 3.05) is 10.2 Å². The summed E-state index contributed by atoms with van der Waals surface area (Å²) in [5.41, 5.74) is 21.0. The Morgan fingerprint density at radius 3 is 1.75 bits per heavy atom. The van der Waals surface area contributed by atoms with Crippen LogP contribution in [0.15, 0.2) is 199 Å². The number of nitrogens with one attached hydrogen (secondary N) is 1. The third-order valence-corrected chi connectivity index (χ3v) is 15.4. The molecule has 2 heterocycles. The molecule has 2 aliphatic rings. The molecule has 0 saturated carbocycles. The van der Waals surface area contributed by atoms with Crippen LogP contribution >= 0.6 is 0 Å². The molecular weight excluding hydrogens is 836 g/mol. The van der Waals surface area contributed by atoms with Crippen molar-refractivity contribution in [2.45, 2.75) is 58.3 Å². The maximum absolute atomic E-state index is 6.99. The van der Waals surface area contributed by atoms with Gasteiger partial charge in [-0.25, -0.2) is 0 Å². The van der Waals surface area contributed by atoms with Crippen molar-refractivity contribution < 1.29 is 4.42 Å². The topological polar surface area (TPSA) is 28.4 Å². The standard InChI is InChI=1S/C65H52BN2O/c1-40-34-45(42-18-10-7-11-19-42)27-31-56(40)68-57-39-60-51(50-36-52-53(38-59(50)69-60)65(4,5)33-32-64(52,2)3)37-54(57)66-63-58(68)35-46-21-13-15-23-49(46)62(63)61-48-22-14-12-20-44(48)26-30-55(61)67-47-28-24-43(25-29-47)41-16-8-6-9-17-41/h6-31,34-39,67H,32-33H2,1-5H3. The van der Waals surface area contributed by atoms with Crippen LogP contribution in [0.25, 0.3) is 76.9 Å². The highest BCUT2D eigenvalue weighted by Gasteiger charge is 2.38. The molecule has 1 radical (unpaired) electrons. The second-order valence-electron chi connectivity index (χ2n) is 20.7. The molecule has 0 atom stereocenters. The summed E-state index contributed by atoms with van der Waals surface area (Å²) >= 11 is 0. The van der Waals surface area contributed by atoms with E-state index in [9.17, 15) is 0 Å². The second-order valence-corrected chi connectivity index (χ2v) is 20.7. The van der Waals surface area contributed by atoms with Gasteiger partial charge in [0.15, 0.2) is 7.28 Å². The SMILES string of the molecule is Cc1cc(-c2ccccc2)ccc1N1c2cc3oc4cc5c(cc4c3cc2[B]c2c1cc1ccccc1c2-c1c(Nc2ccc(-c3ccccc3)cc2)ccc2ccccc12)C(C)(C)CCC5(C)C. The summed E-state index contributed by atoms with van der Waals surface area (Å²) in [5, 5.41) is 11.1. The third-order valence-electron chi connectivity index (χ3n) is 15.4. The molecule has 1 aromatic heterocycles. The van der Waals surface area contributed by atoms with E-state index in [1.165, 1.54) is 82.5 Å². The van der Waals surface area contributed by atoms with Crippen LogP contribution in [0.4, 0.5) is 28.4 Å². The Morgan fingerprint density at radius 1 is 0.464 bits per heavy atom. The number of furan rings is 1. The average molecular weight is 888 g/mol. The van der Waals surface area contributed by atoms with Gasteiger partial charge in [-0.15, -0.1) is 0 Å². The Morgan fingerprint density at radius 2 is 1.04 bits per heavy atom. The molecule has 69 heavy (non-hydrogen) atoms. The van der Waals surface area contributed by atoms with Gasteiger partial charge < -0.3 is 14.6 Å². The number of nitrogens with zero attached hydrogens (tertiary/aromatic N) is 1. The van der Waals surface area contributed by atoms with Crippen molar-refractivity contribution in [3.8, 4) is 33.4 Å². The zero-order valence-corrected chi connectivity index (χ0v) is 39.8. The molecule has 4 heteroatoms. The van der Waals surface area contributed by atoms with Gasteiger partial charge in [-0.1, -0.05) is 173 Å². The van der Waals surface area contributed by atoms with Crippen molar-refractivity contribution in [1.29, 1.82) is 0 Å². The Kier molecular flexibility index (Phi) is 9.37. The van der Waals surface area contributed by atoms with E-state index < -0.39 is 0 Å². The van der Waals surface area contributed by atoms with Crippen LogP contribution in [0.3, 0.4) is 0 Å². The van der Waals surface area contributed by atoms with Crippen LogP contribution in [-0.2, 0) is 10.8 Å². The van der Waals surface area contributed by atoms with Gasteiger partial charge in [0.05, 0.1) is 0 Å². The largest absolute Gasteiger partial charge is 0.456 e. The van der Waals surface area contributed by atoms with E-state index in [-0.39, 0.29) is 10.8 Å². The van der Waals surface area contributed by atoms with Gasteiger partial charge >= 0.3 is 0 Å². The molecule has 1 N–H and O–H groups in total. The monoisotopic (exact) mass is 887 g/mol. The smallest absolute Gasteiger partial charge is 0.197 e. The zero-order valence-electron chi connectivity index (χ0n) is 39.8. The highest BCUT2D eigenvalue weighted by Crippen LogP contribution is 2.50. The van der Waals surface area contributed by atoms with Crippen molar-refractivity contribution in [3.05, 3.63) is 211 Å². The first-order chi connectivity index (χ1) is 33.6. The lowest BCUT2D eigenvalue weighted by Crippen LogP contribution is -2.41. The van der Waals surface area contributed by atoms with E-state index in [2.05, 4.69) is 246 Å². The minimum atomic E-state index is 0.0756. The molecule has 3 nitrogen and oxygen atoms in total. The van der Waals surface area contributed by atoms with Gasteiger partial charge in [0.25, 0.3) is 0 Å². The molecule has 0 fully saturated rings.